The molecule has 0 amide bonds. The first kappa shape index (κ1) is 12.6. The Morgan fingerprint density at radius 3 is 2.52 bits per heavy atom. The van der Waals surface area contributed by atoms with Gasteiger partial charge in [-0.2, -0.15) is 0 Å². The van der Waals surface area contributed by atoms with Gasteiger partial charge in [-0.1, -0.05) is 48.5 Å². The van der Waals surface area contributed by atoms with E-state index in [1.807, 2.05) is 0 Å². The predicted octanol–water partition coefficient (Wildman–Crippen LogP) is 5.49. The lowest BCUT2D eigenvalue weighted by Gasteiger charge is -2.20. The summed E-state index contributed by atoms with van der Waals surface area (Å²) in [6, 6.07) is 15.6. The first-order valence-electron chi connectivity index (χ1n) is 7.83. The molecule has 0 aromatic heterocycles. The molecule has 0 bridgehead atoms. The largest absolute Gasteiger partial charge is 0.0760 e. The highest BCUT2D eigenvalue weighted by Crippen LogP contribution is 2.45. The molecule has 21 heavy (non-hydrogen) atoms. The summed E-state index contributed by atoms with van der Waals surface area (Å²) in [4.78, 5) is 0. The summed E-state index contributed by atoms with van der Waals surface area (Å²) < 4.78 is 0. The maximum Gasteiger partial charge on any atom is -0.00106 e. The average molecular weight is 272 g/mol. The van der Waals surface area contributed by atoms with Crippen LogP contribution in [0.5, 0.6) is 0 Å². The molecule has 0 spiro atoms. The maximum atomic E-state index is 2.44. The Kier molecular flexibility index (Phi) is 2.85. The van der Waals surface area contributed by atoms with Crippen LogP contribution in [0.15, 0.2) is 54.1 Å². The lowest BCUT2D eigenvalue weighted by Crippen LogP contribution is -2.00. The van der Waals surface area contributed by atoms with E-state index in [-0.39, 0.29) is 0 Å². The third kappa shape index (κ3) is 1.90. The van der Waals surface area contributed by atoms with E-state index >= 15 is 0 Å². The van der Waals surface area contributed by atoms with E-state index in [9.17, 15) is 0 Å². The van der Waals surface area contributed by atoms with Crippen LogP contribution in [-0.4, -0.2) is 0 Å². The van der Waals surface area contributed by atoms with E-state index in [4.69, 9.17) is 0 Å². The smallest absolute Gasteiger partial charge is 0.00106 e. The van der Waals surface area contributed by atoms with Gasteiger partial charge in [0.25, 0.3) is 0 Å². The van der Waals surface area contributed by atoms with Gasteiger partial charge in [0, 0.05) is 0 Å². The van der Waals surface area contributed by atoms with Crippen LogP contribution in [0.3, 0.4) is 0 Å². The van der Waals surface area contributed by atoms with Crippen molar-refractivity contribution in [2.24, 2.45) is 0 Å². The Balaban J connectivity index is 1.92. The first-order valence-corrected chi connectivity index (χ1v) is 7.83. The molecule has 0 atom stereocenters. The number of fused-ring (bicyclic) bond motifs is 3. The molecular weight excluding hydrogens is 252 g/mol. The van der Waals surface area contributed by atoms with E-state index in [0.717, 1.165) is 12.8 Å². The fourth-order valence-corrected chi connectivity index (χ4v) is 3.77. The Bertz CT molecular complexity index is 787. The van der Waals surface area contributed by atoms with Crippen molar-refractivity contribution in [3.63, 3.8) is 0 Å². The highest BCUT2D eigenvalue weighted by atomic mass is 14.3. The van der Waals surface area contributed by atoms with E-state index in [1.54, 1.807) is 11.1 Å². The Morgan fingerprint density at radius 2 is 1.62 bits per heavy atom. The molecule has 0 saturated heterocycles. The number of hydrogen-bond donors (Lipinski definition) is 0. The van der Waals surface area contributed by atoms with Gasteiger partial charge in [0.2, 0.25) is 0 Å². The number of aryl methyl sites for hydroxylation is 1. The monoisotopic (exact) mass is 272 g/mol. The van der Waals surface area contributed by atoms with Crippen molar-refractivity contribution < 1.29 is 0 Å². The van der Waals surface area contributed by atoms with Gasteiger partial charge >= 0.3 is 0 Å². The molecule has 2 aliphatic carbocycles. The second-order valence-electron chi connectivity index (χ2n) is 6.19. The summed E-state index contributed by atoms with van der Waals surface area (Å²) in [6.07, 6.45) is 5.88. The van der Waals surface area contributed by atoms with Crippen LogP contribution in [0.1, 0.15) is 40.7 Å². The number of benzene rings is 2. The fourth-order valence-electron chi connectivity index (χ4n) is 3.77. The summed E-state index contributed by atoms with van der Waals surface area (Å²) in [5.41, 5.74) is 11.9. The van der Waals surface area contributed by atoms with Crippen molar-refractivity contribution in [1.29, 1.82) is 0 Å². The Morgan fingerprint density at radius 1 is 0.810 bits per heavy atom. The van der Waals surface area contributed by atoms with E-state index < -0.39 is 0 Å². The number of hydrogen-bond acceptors (Lipinski definition) is 0. The zero-order valence-electron chi connectivity index (χ0n) is 12.7. The van der Waals surface area contributed by atoms with Crippen molar-refractivity contribution in [2.45, 2.75) is 33.1 Å². The van der Waals surface area contributed by atoms with Gasteiger partial charge in [-0.05, 0) is 77.6 Å². The summed E-state index contributed by atoms with van der Waals surface area (Å²) in [7, 11) is 0. The quantitative estimate of drug-likeness (QED) is 0.644. The minimum absolute atomic E-state index is 1.10. The third-order valence-corrected chi connectivity index (χ3v) is 5.04. The lowest BCUT2D eigenvalue weighted by molar-refractivity contribution is 1.03. The minimum atomic E-state index is 1.10. The molecule has 0 radical (unpaired) electrons. The van der Waals surface area contributed by atoms with Crippen molar-refractivity contribution in [3.8, 4) is 0 Å². The fraction of sp³-hybridized carbons (Fsp3) is 0.238. The normalized spacial score (nSPS) is 16.6. The van der Waals surface area contributed by atoms with Gasteiger partial charge in [-0.15, -0.1) is 0 Å². The van der Waals surface area contributed by atoms with E-state index in [0.29, 0.717) is 0 Å². The summed E-state index contributed by atoms with van der Waals surface area (Å²) >= 11 is 0. The first-order chi connectivity index (χ1) is 10.3. The molecule has 104 valence electrons. The summed E-state index contributed by atoms with van der Waals surface area (Å²) in [5.74, 6) is 0. The van der Waals surface area contributed by atoms with Crippen LogP contribution in [0, 0.1) is 13.8 Å². The van der Waals surface area contributed by atoms with Crippen molar-refractivity contribution in [1.82, 2.24) is 0 Å². The molecular formula is C21H20. The molecule has 2 aromatic rings. The Labute approximate surface area is 126 Å². The second-order valence-corrected chi connectivity index (χ2v) is 6.19. The van der Waals surface area contributed by atoms with Crippen LogP contribution < -0.4 is 0 Å². The second kappa shape index (κ2) is 4.73. The highest BCUT2D eigenvalue weighted by Gasteiger charge is 2.26. The van der Waals surface area contributed by atoms with Gasteiger partial charge in [0.1, 0.15) is 0 Å². The molecule has 0 fully saturated rings. The third-order valence-electron chi connectivity index (χ3n) is 5.04. The summed E-state index contributed by atoms with van der Waals surface area (Å²) in [5, 5.41) is 0. The molecule has 0 N–H and O–H groups in total. The average Bonchev–Trinajstić information content (AvgIpc) is 2.89. The van der Waals surface area contributed by atoms with E-state index in [1.165, 1.54) is 39.8 Å². The van der Waals surface area contributed by atoms with Crippen LogP contribution in [0.25, 0.3) is 11.1 Å². The Hall–Kier alpha value is -2.08. The van der Waals surface area contributed by atoms with Crippen LogP contribution in [0.4, 0.5) is 0 Å². The molecule has 2 aromatic carbocycles. The number of allylic oxidation sites excluding steroid dienone is 4. The minimum Gasteiger partial charge on any atom is -0.0760 e. The zero-order valence-corrected chi connectivity index (χ0v) is 12.7. The molecule has 0 nitrogen and oxygen atoms in total. The van der Waals surface area contributed by atoms with E-state index in [2.05, 4.69) is 62.4 Å². The predicted molar refractivity (Wildman–Crippen MR) is 90.2 cm³/mol. The zero-order chi connectivity index (χ0) is 14.4. The van der Waals surface area contributed by atoms with Crippen LogP contribution >= 0.6 is 0 Å². The summed E-state index contributed by atoms with van der Waals surface area (Å²) in [6.45, 7) is 4.48. The molecule has 2 aliphatic rings. The van der Waals surface area contributed by atoms with Crippen LogP contribution in [-0.2, 0) is 6.42 Å². The van der Waals surface area contributed by atoms with Crippen molar-refractivity contribution >= 4 is 11.1 Å². The molecule has 0 unspecified atom stereocenters. The van der Waals surface area contributed by atoms with Gasteiger partial charge < -0.3 is 0 Å². The van der Waals surface area contributed by atoms with Crippen LogP contribution in [0.2, 0.25) is 0 Å². The lowest BCUT2D eigenvalue weighted by atomic mass is 9.84. The topological polar surface area (TPSA) is 0 Å². The van der Waals surface area contributed by atoms with Gasteiger partial charge in [-0.25, -0.2) is 0 Å². The maximum absolute atomic E-state index is 2.44. The molecule has 4 rings (SSSR count). The molecule has 0 aliphatic heterocycles. The highest BCUT2D eigenvalue weighted by molar-refractivity contribution is 5.96. The van der Waals surface area contributed by atoms with Gasteiger partial charge in [-0.3, -0.25) is 0 Å². The standard InChI is InChI=1S/C21H20/c1-14-7-5-10-17(15(14)2)19-11-6-12-20-18-9-4-3-8-16(18)13-21(19)20/h3-5,7-10,12H,6,11,13H2,1-2H3. The van der Waals surface area contributed by atoms with Crippen molar-refractivity contribution in [2.75, 3.05) is 0 Å². The molecule has 0 heteroatoms. The number of rotatable bonds is 1. The molecule has 0 heterocycles. The SMILES string of the molecule is Cc1cccc(C2=C3Cc4ccccc4C3=CCC2)c1C. The van der Waals surface area contributed by atoms with Gasteiger partial charge in [0.05, 0.1) is 0 Å². The van der Waals surface area contributed by atoms with Gasteiger partial charge in [0.15, 0.2) is 0 Å². The van der Waals surface area contributed by atoms with Crippen molar-refractivity contribution in [3.05, 3.63) is 81.9 Å². The molecule has 0 saturated carbocycles.